The number of anilines is 1. The van der Waals surface area contributed by atoms with Crippen molar-refractivity contribution in [2.75, 3.05) is 24.3 Å². The molecule has 1 amide bonds. The Kier molecular flexibility index (Phi) is 4.34. The number of nitrogens with zero attached hydrogens (tertiary/aromatic N) is 2. The highest BCUT2D eigenvalue weighted by Crippen LogP contribution is 2.37. The number of nitrogens with one attached hydrogen (secondary N) is 1. The highest BCUT2D eigenvalue weighted by atomic mass is 32.2. The number of hydrogen-bond donors (Lipinski definition) is 1. The van der Waals surface area contributed by atoms with Crippen LogP contribution in [-0.4, -0.2) is 34.4 Å². The Bertz CT molecular complexity index is 742. The standard InChI is InChI=1S/C17H19N3O3S/c21-16(11-24-17-18-6-7-20(17)13-3-4-13)19-12-2-5-14-15(10-12)23-9-1-8-22-14/h2,5-7,10,13H,1,3-4,8-9,11H2,(H,19,21). The van der Waals surface area contributed by atoms with Gasteiger partial charge in [-0.3, -0.25) is 4.79 Å². The molecule has 6 nitrogen and oxygen atoms in total. The molecule has 1 fully saturated rings. The van der Waals surface area contributed by atoms with Crippen LogP contribution in [0.3, 0.4) is 0 Å². The molecule has 1 aliphatic carbocycles. The van der Waals surface area contributed by atoms with E-state index in [0.717, 1.165) is 23.0 Å². The summed E-state index contributed by atoms with van der Waals surface area (Å²) in [6, 6.07) is 6.05. The van der Waals surface area contributed by atoms with Crippen molar-refractivity contribution in [3.63, 3.8) is 0 Å². The summed E-state index contributed by atoms with van der Waals surface area (Å²) in [6.45, 7) is 1.28. The van der Waals surface area contributed by atoms with Gasteiger partial charge in [0, 0.05) is 36.6 Å². The Hall–Kier alpha value is -2.15. The number of carbonyl (C=O) groups is 1. The van der Waals surface area contributed by atoms with Gasteiger partial charge in [0.1, 0.15) is 0 Å². The SMILES string of the molecule is O=C(CSc1nccn1C1CC1)Nc1ccc2c(c1)OCCCO2. The van der Waals surface area contributed by atoms with E-state index in [-0.39, 0.29) is 5.91 Å². The lowest BCUT2D eigenvalue weighted by molar-refractivity contribution is -0.113. The lowest BCUT2D eigenvalue weighted by atomic mass is 10.2. The number of rotatable bonds is 5. The molecule has 1 N–H and O–H groups in total. The average molecular weight is 345 g/mol. The molecule has 0 radical (unpaired) electrons. The van der Waals surface area contributed by atoms with Crippen LogP contribution in [0.1, 0.15) is 25.3 Å². The number of ether oxygens (including phenoxy) is 2. The summed E-state index contributed by atoms with van der Waals surface area (Å²) in [6.07, 6.45) is 7.05. The summed E-state index contributed by atoms with van der Waals surface area (Å²) in [5.74, 6) is 1.69. The molecule has 0 unspecified atom stereocenters. The van der Waals surface area contributed by atoms with Gasteiger partial charge in [0.2, 0.25) is 5.91 Å². The van der Waals surface area contributed by atoms with E-state index in [1.807, 2.05) is 24.4 Å². The first kappa shape index (κ1) is 15.4. The smallest absolute Gasteiger partial charge is 0.234 e. The van der Waals surface area contributed by atoms with Crippen molar-refractivity contribution in [3.05, 3.63) is 30.6 Å². The first-order chi connectivity index (χ1) is 11.8. The summed E-state index contributed by atoms with van der Waals surface area (Å²) in [7, 11) is 0. The molecule has 24 heavy (non-hydrogen) atoms. The summed E-state index contributed by atoms with van der Waals surface area (Å²) in [4.78, 5) is 16.5. The molecule has 2 aliphatic rings. The normalized spacial score (nSPS) is 16.5. The summed E-state index contributed by atoms with van der Waals surface area (Å²) in [5, 5.41) is 3.82. The lowest BCUT2D eigenvalue weighted by Crippen LogP contribution is -2.14. The second-order valence-electron chi connectivity index (χ2n) is 5.90. The third-order valence-electron chi connectivity index (χ3n) is 3.94. The number of thioether (sulfide) groups is 1. The van der Waals surface area contributed by atoms with Crippen molar-refractivity contribution in [1.82, 2.24) is 9.55 Å². The Morgan fingerprint density at radius 2 is 2.12 bits per heavy atom. The summed E-state index contributed by atoms with van der Waals surface area (Å²) >= 11 is 1.47. The van der Waals surface area contributed by atoms with Crippen molar-refractivity contribution < 1.29 is 14.3 Å². The van der Waals surface area contributed by atoms with Crippen LogP contribution in [0.15, 0.2) is 35.7 Å². The van der Waals surface area contributed by atoms with Gasteiger partial charge in [-0.05, 0) is 25.0 Å². The quantitative estimate of drug-likeness (QED) is 0.844. The topological polar surface area (TPSA) is 65.4 Å². The van der Waals surface area contributed by atoms with E-state index in [9.17, 15) is 4.79 Å². The molecule has 4 rings (SSSR count). The summed E-state index contributed by atoms with van der Waals surface area (Å²) < 4.78 is 13.4. The fourth-order valence-corrected chi connectivity index (χ4v) is 3.44. The Labute approximate surface area is 144 Å². The molecule has 0 bridgehead atoms. The predicted octanol–water partition coefficient (Wildman–Crippen LogP) is 3.11. The summed E-state index contributed by atoms with van der Waals surface area (Å²) in [5.41, 5.74) is 0.718. The lowest BCUT2D eigenvalue weighted by Gasteiger charge is -2.10. The number of carbonyl (C=O) groups excluding carboxylic acids is 1. The van der Waals surface area contributed by atoms with Crippen molar-refractivity contribution in [1.29, 1.82) is 0 Å². The van der Waals surface area contributed by atoms with Gasteiger partial charge < -0.3 is 19.4 Å². The Morgan fingerprint density at radius 3 is 2.96 bits per heavy atom. The fourth-order valence-electron chi connectivity index (χ4n) is 2.61. The molecule has 7 heteroatoms. The molecule has 2 aromatic rings. The van der Waals surface area contributed by atoms with Gasteiger partial charge >= 0.3 is 0 Å². The zero-order valence-electron chi connectivity index (χ0n) is 13.2. The van der Waals surface area contributed by atoms with Gasteiger partial charge in [0.15, 0.2) is 16.7 Å². The minimum atomic E-state index is -0.0557. The van der Waals surface area contributed by atoms with Crippen molar-refractivity contribution in [2.24, 2.45) is 0 Å². The third kappa shape index (κ3) is 3.51. The maximum absolute atomic E-state index is 12.2. The highest BCUT2D eigenvalue weighted by Gasteiger charge is 2.25. The van der Waals surface area contributed by atoms with Crippen LogP contribution in [0.5, 0.6) is 11.5 Å². The van der Waals surface area contributed by atoms with Crippen molar-refractivity contribution in [2.45, 2.75) is 30.5 Å². The van der Waals surface area contributed by atoms with E-state index < -0.39 is 0 Å². The molecule has 1 aromatic carbocycles. The highest BCUT2D eigenvalue weighted by molar-refractivity contribution is 7.99. The van der Waals surface area contributed by atoms with Crippen LogP contribution in [0, 0.1) is 0 Å². The van der Waals surface area contributed by atoms with Crippen LogP contribution in [-0.2, 0) is 4.79 Å². The molecule has 0 saturated heterocycles. The van der Waals surface area contributed by atoms with Crippen LogP contribution in [0.4, 0.5) is 5.69 Å². The molecule has 126 valence electrons. The molecule has 0 spiro atoms. The third-order valence-corrected chi connectivity index (χ3v) is 4.92. The van der Waals surface area contributed by atoms with Gasteiger partial charge in [-0.2, -0.15) is 0 Å². The zero-order chi connectivity index (χ0) is 16.4. The molecular weight excluding hydrogens is 326 g/mol. The Morgan fingerprint density at radius 1 is 1.29 bits per heavy atom. The zero-order valence-corrected chi connectivity index (χ0v) is 14.1. The van der Waals surface area contributed by atoms with Gasteiger partial charge in [0.05, 0.1) is 19.0 Å². The van der Waals surface area contributed by atoms with E-state index in [0.29, 0.717) is 30.8 Å². The van der Waals surface area contributed by atoms with Gasteiger partial charge in [0.25, 0.3) is 0 Å². The van der Waals surface area contributed by atoms with Gasteiger partial charge in [-0.15, -0.1) is 0 Å². The number of imidazole rings is 1. The second kappa shape index (κ2) is 6.76. The van der Waals surface area contributed by atoms with E-state index >= 15 is 0 Å². The van der Waals surface area contributed by atoms with E-state index in [2.05, 4.69) is 14.9 Å². The van der Waals surface area contributed by atoms with E-state index in [4.69, 9.17) is 9.47 Å². The number of amides is 1. The fraction of sp³-hybridized carbons (Fsp3) is 0.412. The minimum absolute atomic E-state index is 0.0557. The maximum Gasteiger partial charge on any atom is 0.234 e. The molecule has 1 aliphatic heterocycles. The average Bonchev–Trinajstić information content (AvgIpc) is 3.36. The monoisotopic (exact) mass is 345 g/mol. The van der Waals surface area contributed by atoms with Gasteiger partial charge in [-0.25, -0.2) is 4.98 Å². The first-order valence-electron chi connectivity index (χ1n) is 8.15. The van der Waals surface area contributed by atoms with Crippen LogP contribution < -0.4 is 14.8 Å². The number of aromatic nitrogens is 2. The first-order valence-corrected chi connectivity index (χ1v) is 9.13. The minimum Gasteiger partial charge on any atom is -0.490 e. The molecule has 1 aromatic heterocycles. The second-order valence-corrected chi connectivity index (χ2v) is 6.84. The van der Waals surface area contributed by atoms with E-state index in [1.165, 1.54) is 24.6 Å². The number of benzene rings is 1. The van der Waals surface area contributed by atoms with Gasteiger partial charge in [-0.1, -0.05) is 11.8 Å². The van der Waals surface area contributed by atoms with Crippen LogP contribution in [0.2, 0.25) is 0 Å². The molecule has 2 heterocycles. The Balaban J connectivity index is 1.35. The number of hydrogen-bond acceptors (Lipinski definition) is 5. The van der Waals surface area contributed by atoms with Crippen LogP contribution in [0.25, 0.3) is 0 Å². The predicted molar refractivity (Wildman–Crippen MR) is 91.9 cm³/mol. The molecule has 0 atom stereocenters. The maximum atomic E-state index is 12.2. The van der Waals surface area contributed by atoms with Crippen LogP contribution >= 0.6 is 11.8 Å². The van der Waals surface area contributed by atoms with E-state index in [1.54, 1.807) is 6.20 Å². The van der Waals surface area contributed by atoms with Crippen molar-refractivity contribution in [3.8, 4) is 11.5 Å². The molecule has 1 saturated carbocycles. The largest absolute Gasteiger partial charge is 0.490 e. The van der Waals surface area contributed by atoms with Crippen molar-refractivity contribution >= 4 is 23.4 Å². The number of fused-ring (bicyclic) bond motifs is 1. The molecular formula is C17H19N3O3S.